The first-order chi connectivity index (χ1) is 8.34. The van der Waals surface area contributed by atoms with Crippen LogP contribution in [0.15, 0.2) is 21.5 Å². The molecule has 0 amide bonds. The van der Waals surface area contributed by atoms with Gasteiger partial charge in [0.2, 0.25) is 0 Å². The van der Waals surface area contributed by atoms with E-state index < -0.39 is 11.7 Å². The predicted molar refractivity (Wildman–Crippen MR) is 62.4 cm³/mol. The number of aryl methyl sites for hydroxylation is 1. The summed E-state index contributed by atoms with van der Waals surface area (Å²) in [6.07, 6.45) is -4.44. The molecule has 0 spiro atoms. The Morgan fingerprint density at radius 2 is 2.00 bits per heavy atom. The Bertz CT molecular complexity index is 567. The molecular weight excluding hydrogens is 285 g/mol. The van der Waals surface area contributed by atoms with Gasteiger partial charge in [-0.05, 0) is 42.4 Å². The number of aromatic nitrogens is 3. The zero-order chi connectivity index (χ0) is 13.3. The van der Waals surface area contributed by atoms with Crippen LogP contribution in [0.25, 0.3) is 0 Å². The number of anilines is 1. The SMILES string of the molecule is Cc1nsc(Sc2cc(C(F)(F)F)cc(N)n2)n1. The zero-order valence-electron chi connectivity index (χ0n) is 9.02. The molecule has 0 aliphatic heterocycles. The van der Waals surface area contributed by atoms with Crippen molar-refractivity contribution in [3.63, 3.8) is 0 Å². The molecule has 0 unspecified atom stereocenters. The second kappa shape index (κ2) is 4.73. The van der Waals surface area contributed by atoms with Crippen LogP contribution in [0.4, 0.5) is 19.0 Å². The Morgan fingerprint density at radius 1 is 1.28 bits per heavy atom. The summed E-state index contributed by atoms with van der Waals surface area (Å²) in [6, 6.07) is 1.74. The lowest BCUT2D eigenvalue weighted by Gasteiger charge is -2.08. The van der Waals surface area contributed by atoms with Crippen LogP contribution in [0, 0.1) is 6.92 Å². The highest BCUT2D eigenvalue weighted by atomic mass is 32.2. The van der Waals surface area contributed by atoms with Crippen molar-refractivity contribution < 1.29 is 13.2 Å². The Labute approximate surface area is 109 Å². The number of halogens is 3. The maximum absolute atomic E-state index is 12.6. The van der Waals surface area contributed by atoms with Gasteiger partial charge in [0, 0.05) is 0 Å². The minimum Gasteiger partial charge on any atom is -0.384 e. The van der Waals surface area contributed by atoms with Crippen LogP contribution in [0.1, 0.15) is 11.4 Å². The highest BCUT2D eigenvalue weighted by molar-refractivity contribution is 8.00. The topological polar surface area (TPSA) is 64.7 Å². The van der Waals surface area contributed by atoms with Crippen molar-refractivity contribution >= 4 is 29.1 Å². The Hall–Kier alpha value is -1.35. The highest BCUT2D eigenvalue weighted by Crippen LogP contribution is 2.34. The van der Waals surface area contributed by atoms with Crippen molar-refractivity contribution in [2.45, 2.75) is 22.5 Å². The summed E-state index contributed by atoms with van der Waals surface area (Å²) in [5.41, 5.74) is 4.54. The van der Waals surface area contributed by atoms with E-state index in [1.165, 1.54) is 0 Å². The number of hydrogen-bond acceptors (Lipinski definition) is 6. The van der Waals surface area contributed by atoms with E-state index >= 15 is 0 Å². The molecule has 2 aromatic heterocycles. The van der Waals surface area contributed by atoms with Gasteiger partial charge in [0.1, 0.15) is 16.7 Å². The van der Waals surface area contributed by atoms with Crippen molar-refractivity contribution in [2.24, 2.45) is 0 Å². The molecule has 2 heterocycles. The molecule has 2 aromatic rings. The molecule has 0 saturated heterocycles. The number of rotatable bonds is 2. The normalized spacial score (nSPS) is 11.8. The molecule has 0 saturated carbocycles. The minimum absolute atomic E-state index is 0.151. The van der Waals surface area contributed by atoms with E-state index in [0.717, 1.165) is 35.4 Å². The maximum atomic E-state index is 12.6. The van der Waals surface area contributed by atoms with Gasteiger partial charge in [-0.3, -0.25) is 0 Å². The van der Waals surface area contributed by atoms with Crippen LogP contribution in [-0.2, 0) is 6.18 Å². The van der Waals surface area contributed by atoms with Crippen LogP contribution in [-0.4, -0.2) is 14.3 Å². The van der Waals surface area contributed by atoms with Crippen molar-refractivity contribution in [1.29, 1.82) is 0 Å². The molecule has 2 rings (SSSR count). The number of nitrogens with zero attached hydrogens (tertiary/aromatic N) is 3. The van der Waals surface area contributed by atoms with Crippen molar-refractivity contribution in [3.8, 4) is 0 Å². The zero-order valence-corrected chi connectivity index (χ0v) is 10.7. The standard InChI is InChI=1S/C9H7F3N4S2/c1-4-14-8(18-16-4)17-7-3-5(9(10,11)12)2-6(13)15-7/h2-3H,1H3,(H2,13,15). The van der Waals surface area contributed by atoms with E-state index in [1.807, 2.05) is 0 Å². The van der Waals surface area contributed by atoms with Gasteiger partial charge in [0.05, 0.1) is 5.56 Å². The predicted octanol–water partition coefficient (Wildman–Crippen LogP) is 2.99. The molecule has 0 radical (unpaired) electrons. The van der Waals surface area contributed by atoms with Gasteiger partial charge >= 0.3 is 6.18 Å². The highest BCUT2D eigenvalue weighted by Gasteiger charge is 2.31. The molecule has 0 aromatic carbocycles. The quantitative estimate of drug-likeness (QED) is 0.921. The first-order valence-corrected chi connectivity index (χ1v) is 6.26. The molecule has 0 fully saturated rings. The number of alkyl halides is 3. The number of pyridine rings is 1. The molecule has 9 heteroatoms. The largest absolute Gasteiger partial charge is 0.416 e. The third-order valence-electron chi connectivity index (χ3n) is 1.85. The Balaban J connectivity index is 2.31. The summed E-state index contributed by atoms with van der Waals surface area (Å²) in [5.74, 6) is 0.399. The number of nitrogen functional groups attached to an aromatic ring is 1. The number of hydrogen-bond donors (Lipinski definition) is 1. The summed E-state index contributed by atoms with van der Waals surface area (Å²) < 4.78 is 42.2. The van der Waals surface area contributed by atoms with Gasteiger partial charge in [-0.15, -0.1) is 0 Å². The van der Waals surface area contributed by atoms with Gasteiger partial charge in [-0.25, -0.2) is 9.97 Å². The van der Waals surface area contributed by atoms with E-state index in [4.69, 9.17) is 5.73 Å². The molecule has 2 N–H and O–H groups in total. The summed E-state index contributed by atoms with van der Waals surface area (Å²) in [7, 11) is 0. The van der Waals surface area contributed by atoms with E-state index in [0.29, 0.717) is 10.2 Å². The average molecular weight is 292 g/mol. The van der Waals surface area contributed by atoms with Gasteiger partial charge in [-0.1, -0.05) is 0 Å². The summed E-state index contributed by atoms with van der Waals surface area (Å²) in [4.78, 5) is 7.87. The van der Waals surface area contributed by atoms with Crippen LogP contribution >= 0.6 is 23.3 Å². The lowest BCUT2D eigenvalue weighted by molar-refractivity contribution is -0.137. The van der Waals surface area contributed by atoms with Gasteiger partial charge < -0.3 is 5.73 Å². The fourth-order valence-corrected chi connectivity index (χ4v) is 2.79. The average Bonchev–Trinajstić information content (AvgIpc) is 2.61. The third kappa shape index (κ3) is 3.10. The summed E-state index contributed by atoms with van der Waals surface area (Å²) >= 11 is 2.11. The maximum Gasteiger partial charge on any atom is 0.416 e. The Morgan fingerprint density at radius 3 is 2.56 bits per heavy atom. The molecule has 18 heavy (non-hydrogen) atoms. The lowest BCUT2D eigenvalue weighted by atomic mass is 10.2. The number of nitrogens with two attached hydrogens (primary N) is 1. The van der Waals surface area contributed by atoms with Crippen molar-refractivity contribution in [2.75, 3.05) is 5.73 Å². The van der Waals surface area contributed by atoms with Gasteiger partial charge in [0.15, 0.2) is 4.34 Å². The molecule has 0 bridgehead atoms. The smallest absolute Gasteiger partial charge is 0.384 e. The second-order valence-corrected chi connectivity index (χ2v) is 5.35. The van der Waals surface area contributed by atoms with Crippen LogP contribution < -0.4 is 5.73 Å². The minimum atomic E-state index is -4.44. The van der Waals surface area contributed by atoms with Crippen molar-refractivity contribution in [1.82, 2.24) is 14.3 Å². The van der Waals surface area contributed by atoms with Crippen LogP contribution in [0.2, 0.25) is 0 Å². The molecule has 96 valence electrons. The van der Waals surface area contributed by atoms with E-state index in [1.54, 1.807) is 6.92 Å². The van der Waals surface area contributed by atoms with Gasteiger partial charge in [0.25, 0.3) is 0 Å². The first kappa shape index (κ1) is 13.1. The molecule has 4 nitrogen and oxygen atoms in total. The fraction of sp³-hybridized carbons (Fsp3) is 0.222. The second-order valence-electron chi connectivity index (χ2n) is 3.33. The molecule has 0 aliphatic rings. The van der Waals surface area contributed by atoms with Crippen LogP contribution in [0.5, 0.6) is 0 Å². The fourth-order valence-electron chi connectivity index (χ4n) is 1.15. The van der Waals surface area contributed by atoms with Crippen LogP contribution in [0.3, 0.4) is 0 Å². The third-order valence-corrected chi connectivity index (χ3v) is 3.61. The summed E-state index contributed by atoms with van der Waals surface area (Å²) in [6.45, 7) is 1.70. The molecule has 0 atom stereocenters. The lowest BCUT2D eigenvalue weighted by Crippen LogP contribution is -2.07. The van der Waals surface area contributed by atoms with Crippen molar-refractivity contribution in [3.05, 3.63) is 23.5 Å². The van der Waals surface area contributed by atoms with Gasteiger partial charge in [-0.2, -0.15) is 17.5 Å². The molecular formula is C9H7F3N4S2. The monoisotopic (exact) mass is 292 g/mol. The molecule has 0 aliphatic carbocycles. The van der Waals surface area contributed by atoms with E-state index in [2.05, 4.69) is 14.3 Å². The Kier molecular flexibility index (Phi) is 3.44. The first-order valence-electron chi connectivity index (χ1n) is 4.67. The van der Waals surface area contributed by atoms with E-state index in [9.17, 15) is 13.2 Å². The van der Waals surface area contributed by atoms with E-state index in [-0.39, 0.29) is 10.8 Å². The summed E-state index contributed by atoms with van der Waals surface area (Å²) in [5, 5.41) is 0.151.